The highest BCUT2D eigenvalue weighted by Gasteiger charge is 2.02. The minimum Gasteiger partial charge on any atom is -0.429 e. The number of hydrogen-bond donors (Lipinski definition) is 1. The summed E-state index contributed by atoms with van der Waals surface area (Å²) >= 11 is 4.90. The van der Waals surface area contributed by atoms with Crippen molar-refractivity contribution in [1.82, 2.24) is 4.98 Å². The van der Waals surface area contributed by atoms with Gasteiger partial charge in [0.2, 0.25) is 0 Å². The Labute approximate surface area is 75.2 Å². The van der Waals surface area contributed by atoms with Crippen LogP contribution in [0.25, 0.3) is 11.1 Å². The largest absolute Gasteiger partial charge is 0.429 e. The summed E-state index contributed by atoms with van der Waals surface area (Å²) in [6, 6.07) is 6.02. The number of fused-ring (bicyclic) bond motifs is 1. The number of nitrogens with one attached hydrogen (secondary N) is 1. The van der Waals surface area contributed by atoms with Gasteiger partial charge >= 0.3 is 0 Å². The minimum absolute atomic E-state index is 0.450. The number of aryl methyl sites for hydroxylation is 1. The van der Waals surface area contributed by atoms with Gasteiger partial charge in [-0.25, -0.2) is 0 Å². The predicted octanol–water partition coefficient (Wildman–Crippen LogP) is 3.05. The maximum atomic E-state index is 5.35. The molecule has 2 rings (SSSR count). The molecule has 1 heterocycles. The first kappa shape index (κ1) is 7.55. The Morgan fingerprint density at radius 3 is 3.08 bits per heavy atom. The van der Waals surface area contributed by atoms with Crippen LogP contribution >= 0.6 is 12.2 Å². The zero-order valence-electron chi connectivity index (χ0n) is 6.76. The topological polar surface area (TPSA) is 28.9 Å². The van der Waals surface area contributed by atoms with Crippen molar-refractivity contribution in [3.8, 4) is 0 Å². The molecule has 0 aliphatic carbocycles. The van der Waals surface area contributed by atoms with E-state index >= 15 is 0 Å². The zero-order valence-corrected chi connectivity index (χ0v) is 7.57. The normalized spacial score (nSPS) is 10.8. The molecule has 0 saturated heterocycles. The average molecular weight is 179 g/mol. The second kappa shape index (κ2) is 2.75. The molecule has 2 nitrogen and oxygen atoms in total. The molecular weight excluding hydrogens is 170 g/mol. The van der Waals surface area contributed by atoms with E-state index < -0.39 is 0 Å². The highest BCUT2D eigenvalue weighted by Crippen LogP contribution is 2.18. The van der Waals surface area contributed by atoms with Gasteiger partial charge in [0.25, 0.3) is 4.84 Å². The lowest BCUT2D eigenvalue weighted by Gasteiger charge is -1.94. The number of aromatic nitrogens is 1. The van der Waals surface area contributed by atoms with Crippen LogP contribution in [-0.2, 0) is 6.42 Å². The number of benzene rings is 1. The third-order valence-corrected chi connectivity index (χ3v) is 2.09. The van der Waals surface area contributed by atoms with Crippen molar-refractivity contribution in [3.05, 3.63) is 28.6 Å². The quantitative estimate of drug-likeness (QED) is 0.681. The summed E-state index contributed by atoms with van der Waals surface area (Å²) in [6.07, 6.45) is 0.966. The van der Waals surface area contributed by atoms with Gasteiger partial charge in [0.15, 0.2) is 5.58 Å². The fraction of sp³-hybridized carbons (Fsp3) is 0.222. The summed E-state index contributed by atoms with van der Waals surface area (Å²) in [5, 5.41) is 0. The van der Waals surface area contributed by atoms with E-state index in [1.165, 1.54) is 5.56 Å². The summed E-state index contributed by atoms with van der Waals surface area (Å²) in [6.45, 7) is 2.10. The van der Waals surface area contributed by atoms with Crippen molar-refractivity contribution in [2.75, 3.05) is 0 Å². The summed E-state index contributed by atoms with van der Waals surface area (Å²) in [5.41, 5.74) is 3.07. The number of hydrogen-bond acceptors (Lipinski definition) is 2. The van der Waals surface area contributed by atoms with Gasteiger partial charge in [0.05, 0.1) is 5.52 Å². The van der Waals surface area contributed by atoms with E-state index in [0.717, 1.165) is 17.5 Å². The van der Waals surface area contributed by atoms with Gasteiger partial charge < -0.3 is 9.40 Å². The smallest absolute Gasteiger partial charge is 0.266 e. The number of aromatic amines is 1. The molecule has 0 atom stereocenters. The van der Waals surface area contributed by atoms with Crippen molar-refractivity contribution in [2.24, 2.45) is 0 Å². The number of para-hydroxylation sites is 1. The Morgan fingerprint density at radius 2 is 2.33 bits per heavy atom. The molecule has 0 amide bonds. The second-order valence-electron chi connectivity index (χ2n) is 2.66. The summed E-state index contributed by atoms with van der Waals surface area (Å²) < 4.78 is 5.35. The summed E-state index contributed by atoms with van der Waals surface area (Å²) in [5.74, 6) is 0. The second-order valence-corrected chi connectivity index (χ2v) is 3.03. The molecule has 12 heavy (non-hydrogen) atoms. The highest BCUT2D eigenvalue weighted by atomic mass is 32.1. The molecule has 2 aromatic rings. The maximum absolute atomic E-state index is 5.35. The highest BCUT2D eigenvalue weighted by molar-refractivity contribution is 7.71. The van der Waals surface area contributed by atoms with Gasteiger partial charge in [-0.2, -0.15) is 0 Å². The van der Waals surface area contributed by atoms with Crippen molar-refractivity contribution >= 4 is 23.3 Å². The van der Waals surface area contributed by atoms with E-state index in [9.17, 15) is 0 Å². The predicted molar refractivity (Wildman–Crippen MR) is 50.8 cm³/mol. The van der Waals surface area contributed by atoms with Crippen LogP contribution in [0.1, 0.15) is 12.5 Å². The van der Waals surface area contributed by atoms with Crippen LogP contribution in [0.15, 0.2) is 22.6 Å². The molecule has 0 aliphatic rings. The lowest BCUT2D eigenvalue weighted by atomic mass is 10.1. The minimum atomic E-state index is 0.450. The lowest BCUT2D eigenvalue weighted by Crippen LogP contribution is -1.79. The molecule has 0 spiro atoms. The van der Waals surface area contributed by atoms with E-state index in [-0.39, 0.29) is 0 Å². The monoisotopic (exact) mass is 179 g/mol. The molecule has 3 heteroatoms. The lowest BCUT2D eigenvalue weighted by molar-refractivity contribution is 0.580. The first-order chi connectivity index (χ1) is 5.81. The van der Waals surface area contributed by atoms with Gasteiger partial charge in [-0.05, 0) is 30.3 Å². The van der Waals surface area contributed by atoms with Gasteiger partial charge in [0.1, 0.15) is 0 Å². The third-order valence-electron chi connectivity index (χ3n) is 1.91. The molecule has 0 aliphatic heterocycles. The standard InChI is InChI=1S/C9H9NOS/c1-2-6-4-3-5-7-8(6)11-9(12)10-7/h3-5H,2H2,1H3,(H,10,12). The first-order valence-corrected chi connectivity index (χ1v) is 4.33. The average Bonchev–Trinajstić information content (AvgIpc) is 2.44. The third kappa shape index (κ3) is 1.06. The summed E-state index contributed by atoms with van der Waals surface area (Å²) in [7, 11) is 0. The number of oxazole rings is 1. The van der Waals surface area contributed by atoms with Crippen molar-refractivity contribution in [2.45, 2.75) is 13.3 Å². The van der Waals surface area contributed by atoms with Crippen LogP contribution in [0, 0.1) is 4.84 Å². The number of rotatable bonds is 1. The molecule has 0 unspecified atom stereocenters. The Kier molecular flexibility index (Phi) is 1.73. The first-order valence-electron chi connectivity index (χ1n) is 3.92. The van der Waals surface area contributed by atoms with E-state index in [1.807, 2.05) is 12.1 Å². The number of H-pyrrole nitrogens is 1. The summed E-state index contributed by atoms with van der Waals surface area (Å²) in [4.78, 5) is 3.43. The zero-order chi connectivity index (χ0) is 8.55. The molecule has 62 valence electrons. The molecular formula is C9H9NOS. The molecule has 1 aromatic heterocycles. The van der Waals surface area contributed by atoms with Crippen LogP contribution in [0.2, 0.25) is 0 Å². The van der Waals surface area contributed by atoms with Crippen LogP contribution < -0.4 is 0 Å². The Balaban J connectivity index is 2.87. The molecule has 0 fully saturated rings. The molecule has 0 saturated carbocycles. The van der Waals surface area contributed by atoms with Crippen LogP contribution in [-0.4, -0.2) is 4.98 Å². The van der Waals surface area contributed by atoms with Gasteiger partial charge in [-0.15, -0.1) is 0 Å². The van der Waals surface area contributed by atoms with Crippen molar-refractivity contribution in [1.29, 1.82) is 0 Å². The van der Waals surface area contributed by atoms with E-state index in [2.05, 4.69) is 18.0 Å². The molecule has 1 N–H and O–H groups in total. The molecule has 0 radical (unpaired) electrons. The van der Waals surface area contributed by atoms with Crippen LogP contribution in [0.4, 0.5) is 0 Å². The Bertz CT molecular complexity index is 455. The molecule has 0 bridgehead atoms. The fourth-order valence-corrected chi connectivity index (χ4v) is 1.50. The van der Waals surface area contributed by atoms with Crippen LogP contribution in [0.3, 0.4) is 0 Å². The van der Waals surface area contributed by atoms with E-state index in [4.69, 9.17) is 16.6 Å². The van der Waals surface area contributed by atoms with Crippen LogP contribution in [0.5, 0.6) is 0 Å². The SMILES string of the molecule is CCc1cccc2[nH]c(=S)oc12. The van der Waals surface area contributed by atoms with E-state index in [1.54, 1.807) is 0 Å². The Hall–Kier alpha value is -1.09. The van der Waals surface area contributed by atoms with E-state index in [0.29, 0.717) is 4.84 Å². The Morgan fingerprint density at radius 1 is 1.50 bits per heavy atom. The van der Waals surface area contributed by atoms with Crippen molar-refractivity contribution in [3.63, 3.8) is 0 Å². The van der Waals surface area contributed by atoms with Gasteiger partial charge in [0, 0.05) is 0 Å². The van der Waals surface area contributed by atoms with Gasteiger partial charge in [-0.3, -0.25) is 0 Å². The van der Waals surface area contributed by atoms with Gasteiger partial charge in [-0.1, -0.05) is 19.1 Å². The van der Waals surface area contributed by atoms with Crippen molar-refractivity contribution < 1.29 is 4.42 Å². The fourth-order valence-electron chi connectivity index (χ4n) is 1.31. The molecule has 1 aromatic carbocycles. The maximum Gasteiger partial charge on any atom is 0.266 e.